The first-order valence-corrected chi connectivity index (χ1v) is 17.4. The molecule has 0 fully saturated rings. The van der Waals surface area contributed by atoms with Gasteiger partial charge in [0.15, 0.2) is 5.88 Å². The molecule has 0 spiro atoms. The minimum absolute atomic E-state index is 0.123. The summed E-state index contributed by atoms with van der Waals surface area (Å²) in [4.78, 5) is 9.99. The van der Waals surface area contributed by atoms with E-state index in [-0.39, 0.29) is 10.8 Å². The maximum atomic E-state index is 13.4. The molecule has 0 atom stereocenters. The van der Waals surface area contributed by atoms with Crippen LogP contribution in [0.5, 0.6) is 5.88 Å². The number of aliphatic imine (C=N–C) groups is 1. The summed E-state index contributed by atoms with van der Waals surface area (Å²) < 4.78 is 54.4. The molecule has 0 aliphatic carbocycles. The van der Waals surface area contributed by atoms with E-state index in [1.807, 2.05) is 49.3 Å². The highest BCUT2D eigenvalue weighted by atomic mass is 32.2. The standard InChI is InChI=1S/C33H35N5O5S2/c1-36(2)21-22-38(44(4,40)41)26-17-15-25(16-18-26)34-32(24-11-7-5-8-12-24)31-29-23-27(19-20-30(29)35-33(31)39)37(3)45(42,43)28-13-9-6-10-14-28/h5-20,23,35,39H,21-22H2,1-4H3. The van der Waals surface area contributed by atoms with Gasteiger partial charge in [0, 0.05) is 36.6 Å². The number of sulfonamides is 2. The predicted molar refractivity (Wildman–Crippen MR) is 181 cm³/mol. The molecule has 4 aromatic carbocycles. The fourth-order valence-corrected chi connectivity index (χ4v) is 7.08. The summed E-state index contributed by atoms with van der Waals surface area (Å²) in [6.07, 6.45) is 1.18. The monoisotopic (exact) mass is 645 g/mol. The van der Waals surface area contributed by atoms with Crippen LogP contribution in [-0.2, 0) is 20.0 Å². The van der Waals surface area contributed by atoms with Gasteiger partial charge in [0.25, 0.3) is 10.0 Å². The van der Waals surface area contributed by atoms with Gasteiger partial charge in [0.2, 0.25) is 10.0 Å². The average Bonchev–Trinajstić information content (AvgIpc) is 3.34. The highest BCUT2D eigenvalue weighted by Crippen LogP contribution is 2.35. The second kappa shape index (κ2) is 12.8. The number of likely N-dealkylation sites (N-methyl/N-ethyl adjacent to an activating group) is 1. The summed E-state index contributed by atoms with van der Waals surface area (Å²) in [7, 11) is -2.10. The molecular weight excluding hydrogens is 611 g/mol. The van der Waals surface area contributed by atoms with Crippen molar-refractivity contribution in [1.29, 1.82) is 0 Å². The molecule has 0 aliphatic rings. The first-order valence-electron chi connectivity index (χ1n) is 14.1. The van der Waals surface area contributed by atoms with Crippen LogP contribution in [0, 0.1) is 0 Å². The Kier molecular flexibility index (Phi) is 9.01. The molecule has 1 aromatic heterocycles. The van der Waals surface area contributed by atoms with E-state index in [2.05, 4.69) is 4.98 Å². The fourth-order valence-electron chi connectivity index (χ4n) is 4.95. The van der Waals surface area contributed by atoms with Crippen LogP contribution in [0.3, 0.4) is 0 Å². The van der Waals surface area contributed by atoms with Gasteiger partial charge in [-0.15, -0.1) is 0 Å². The van der Waals surface area contributed by atoms with Crippen molar-refractivity contribution in [3.8, 4) is 5.88 Å². The van der Waals surface area contributed by atoms with Gasteiger partial charge < -0.3 is 15.0 Å². The SMILES string of the molecule is CN(C)CCN(c1ccc(N=C(c2ccccc2)c2c(O)[nH]c3ccc(N(C)S(=O)(=O)c4ccccc4)cc23)cc1)S(C)(=O)=O. The largest absolute Gasteiger partial charge is 0.494 e. The quantitative estimate of drug-likeness (QED) is 0.190. The lowest BCUT2D eigenvalue weighted by molar-refractivity contribution is 0.419. The molecule has 0 radical (unpaired) electrons. The van der Waals surface area contributed by atoms with E-state index in [0.717, 1.165) is 5.56 Å². The van der Waals surface area contributed by atoms with Crippen LogP contribution in [-0.4, -0.2) is 78.0 Å². The third kappa shape index (κ3) is 6.88. The lowest BCUT2D eigenvalue weighted by Crippen LogP contribution is -2.35. The highest BCUT2D eigenvalue weighted by Gasteiger charge is 2.24. The summed E-state index contributed by atoms with van der Waals surface area (Å²) in [5, 5.41) is 11.8. The maximum absolute atomic E-state index is 13.4. The van der Waals surface area contributed by atoms with Crippen LogP contribution in [0.15, 0.2) is 113 Å². The summed E-state index contributed by atoms with van der Waals surface area (Å²) in [5.41, 5.74) is 3.62. The number of aromatic hydroxyl groups is 1. The van der Waals surface area contributed by atoms with Gasteiger partial charge in [-0.1, -0.05) is 48.5 Å². The number of H-pyrrole nitrogens is 1. The van der Waals surface area contributed by atoms with E-state index >= 15 is 0 Å². The number of aromatic amines is 1. The Morgan fingerprint density at radius 2 is 1.38 bits per heavy atom. The zero-order valence-corrected chi connectivity index (χ0v) is 27.0. The van der Waals surface area contributed by atoms with Gasteiger partial charge >= 0.3 is 0 Å². The van der Waals surface area contributed by atoms with Gasteiger partial charge in [0.1, 0.15) is 0 Å². The molecule has 5 rings (SSSR count). The van der Waals surface area contributed by atoms with Crippen LogP contribution >= 0.6 is 0 Å². The molecule has 0 saturated heterocycles. The number of aromatic nitrogens is 1. The molecule has 12 heteroatoms. The normalized spacial score (nSPS) is 12.5. The zero-order chi connectivity index (χ0) is 32.4. The third-order valence-electron chi connectivity index (χ3n) is 7.34. The van der Waals surface area contributed by atoms with Gasteiger partial charge in [-0.2, -0.15) is 0 Å². The highest BCUT2D eigenvalue weighted by molar-refractivity contribution is 7.92. The van der Waals surface area contributed by atoms with Crippen LogP contribution in [0.25, 0.3) is 10.9 Å². The summed E-state index contributed by atoms with van der Waals surface area (Å²) in [6.45, 7) is 0.846. The van der Waals surface area contributed by atoms with Gasteiger partial charge in [0.05, 0.1) is 39.5 Å². The summed E-state index contributed by atoms with van der Waals surface area (Å²) >= 11 is 0. The first-order chi connectivity index (χ1) is 21.4. The minimum atomic E-state index is -3.84. The van der Waals surface area contributed by atoms with Crippen molar-refractivity contribution in [1.82, 2.24) is 9.88 Å². The maximum Gasteiger partial charge on any atom is 0.264 e. The van der Waals surface area contributed by atoms with Gasteiger partial charge in [-0.05, 0) is 68.7 Å². The number of fused-ring (bicyclic) bond motifs is 1. The smallest absolute Gasteiger partial charge is 0.264 e. The van der Waals surface area contributed by atoms with E-state index in [9.17, 15) is 21.9 Å². The molecule has 234 valence electrons. The number of nitrogens with zero attached hydrogens (tertiary/aromatic N) is 4. The van der Waals surface area contributed by atoms with Crippen LogP contribution < -0.4 is 8.61 Å². The van der Waals surface area contributed by atoms with Crippen molar-refractivity contribution in [2.45, 2.75) is 4.90 Å². The lowest BCUT2D eigenvalue weighted by atomic mass is 10.0. The molecule has 0 aliphatic heterocycles. The van der Waals surface area contributed by atoms with Crippen molar-refractivity contribution >= 4 is 53.7 Å². The number of hydrogen-bond donors (Lipinski definition) is 2. The Morgan fingerprint density at radius 1 is 0.778 bits per heavy atom. The van der Waals surface area contributed by atoms with Crippen LogP contribution in [0.4, 0.5) is 17.1 Å². The van der Waals surface area contributed by atoms with E-state index < -0.39 is 20.0 Å². The number of benzene rings is 4. The first kappa shape index (κ1) is 31.8. The molecule has 0 saturated carbocycles. The van der Waals surface area contributed by atoms with Crippen molar-refractivity contribution in [2.24, 2.45) is 4.99 Å². The minimum Gasteiger partial charge on any atom is -0.494 e. The Bertz CT molecular complexity index is 2040. The third-order valence-corrected chi connectivity index (χ3v) is 10.3. The Balaban J connectivity index is 1.60. The number of nitrogens with one attached hydrogen (secondary N) is 1. The van der Waals surface area contributed by atoms with Crippen molar-refractivity contribution < 1.29 is 21.9 Å². The molecular formula is C33H35N5O5S2. The Labute approximate surface area is 264 Å². The van der Waals surface area contributed by atoms with Crippen molar-refractivity contribution in [3.05, 3.63) is 114 Å². The molecule has 0 amide bonds. The molecule has 45 heavy (non-hydrogen) atoms. The van der Waals surface area contributed by atoms with Crippen LogP contribution in [0.1, 0.15) is 11.1 Å². The fraction of sp³-hybridized carbons (Fsp3) is 0.182. The molecule has 2 N–H and O–H groups in total. The second-order valence-electron chi connectivity index (χ2n) is 10.8. The second-order valence-corrected chi connectivity index (χ2v) is 14.7. The molecule has 10 nitrogen and oxygen atoms in total. The molecule has 0 unspecified atom stereocenters. The summed E-state index contributed by atoms with van der Waals surface area (Å²) in [5.74, 6) is -0.123. The zero-order valence-electron chi connectivity index (χ0n) is 25.4. The topological polar surface area (TPSA) is 126 Å². The Morgan fingerprint density at radius 3 is 1.98 bits per heavy atom. The van der Waals surface area contributed by atoms with Crippen molar-refractivity contribution in [3.63, 3.8) is 0 Å². The van der Waals surface area contributed by atoms with E-state index in [4.69, 9.17) is 4.99 Å². The number of rotatable bonds is 11. The lowest BCUT2D eigenvalue weighted by Gasteiger charge is -2.24. The number of anilines is 2. The molecule has 0 bridgehead atoms. The summed E-state index contributed by atoms with van der Waals surface area (Å²) in [6, 6.07) is 29.5. The van der Waals surface area contributed by atoms with Crippen molar-refractivity contribution in [2.75, 3.05) is 49.1 Å². The van der Waals surface area contributed by atoms with Gasteiger partial charge in [-0.3, -0.25) is 8.61 Å². The van der Waals surface area contributed by atoms with Crippen LogP contribution in [0.2, 0.25) is 0 Å². The Hall–Kier alpha value is -4.65. The average molecular weight is 646 g/mol. The van der Waals surface area contributed by atoms with E-state index in [1.54, 1.807) is 72.8 Å². The molecule has 1 heterocycles. The van der Waals surface area contributed by atoms with E-state index in [0.29, 0.717) is 52.3 Å². The predicted octanol–water partition coefficient (Wildman–Crippen LogP) is 5.20. The number of hydrogen-bond acceptors (Lipinski definition) is 7. The van der Waals surface area contributed by atoms with E-state index in [1.165, 1.54) is 21.9 Å². The molecule has 5 aromatic rings. The van der Waals surface area contributed by atoms with Gasteiger partial charge in [-0.25, -0.2) is 21.8 Å².